The summed E-state index contributed by atoms with van der Waals surface area (Å²) in [6, 6.07) is 10.6. The molecule has 2 atom stereocenters. The van der Waals surface area contributed by atoms with Crippen LogP contribution in [-0.4, -0.2) is 99.5 Å². The van der Waals surface area contributed by atoms with Crippen molar-refractivity contribution < 1.29 is 28.7 Å². The molecule has 2 aromatic carbocycles. The van der Waals surface area contributed by atoms with Crippen LogP contribution in [0.3, 0.4) is 0 Å². The number of aromatic amines is 1. The van der Waals surface area contributed by atoms with E-state index < -0.39 is 29.7 Å². The summed E-state index contributed by atoms with van der Waals surface area (Å²) in [5.74, 6) is -0.463. The van der Waals surface area contributed by atoms with E-state index in [-0.39, 0.29) is 61.2 Å². The van der Waals surface area contributed by atoms with Gasteiger partial charge in [-0.2, -0.15) is 4.68 Å². The summed E-state index contributed by atoms with van der Waals surface area (Å²) in [6.45, 7) is 3.33. The number of hydrogen-bond donors (Lipinski definition) is 4. The second-order valence-corrected chi connectivity index (χ2v) is 14.4. The van der Waals surface area contributed by atoms with Crippen molar-refractivity contribution >= 4 is 35.2 Å². The van der Waals surface area contributed by atoms with Gasteiger partial charge in [-0.25, -0.2) is 4.79 Å². The predicted octanol–water partition coefficient (Wildman–Crippen LogP) is 2.72. The highest BCUT2D eigenvalue weighted by Gasteiger charge is 2.45. The van der Waals surface area contributed by atoms with Gasteiger partial charge in [0.25, 0.3) is 17.7 Å². The quantitative estimate of drug-likeness (QED) is 0.151. The van der Waals surface area contributed by atoms with Crippen molar-refractivity contribution in [2.24, 2.45) is 5.92 Å². The number of nitrogens with zero attached hydrogens (tertiary/aromatic N) is 4. The molecular formula is C38H46N8O7. The van der Waals surface area contributed by atoms with Crippen molar-refractivity contribution in [1.82, 2.24) is 35.2 Å². The van der Waals surface area contributed by atoms with Gasteiger partial charge in [0.1, 0.15) is 17.6 Å². The Morgan fingerprint density at radius 2 is 1.72 bits per heavy atom. The number of likely N-dealkylation sites (tertiary alicyclic amines) is 1. The molecule has 15 heteroatoms. The molecule has 280 valence electrons. The fraction of sp³-hybridized carbons (Fsp3) is 0.500. The fourth-order valence-corrected chi connectivity index (χ4v) is 7.97. The maximum Gasteiger partial charge on any atom is 0.348 e. The summed E-state index contributed by atoms with van der Waals surface area (Å²) in [5, 5.41) is 12.7. The minimum Gasteiger partial charge on any atom is -0.484 e. The summed E-state index contributed by atoms with van der Waals surface area (Å²) in [5.41, 5.74) is 1.02. The Morgan fingerprint density at radius 3 is 2.51 bits per heavy atom. The van der Waals surface area contributed by atoms with Crippen LogP contribution in [0.4, 0.5) is 5.69 Å². The Morgan fingerprint density at radius 1 is 0.906 bits per heavy atom. The van der Waals surface area contributed by atoms with Crippen molar-refractivity contribution in [1.29, 1.82) is 0 Å². The Bertz CT molecular complexity index is 1920. The maximum atomic E-state index is 13.3. The lowest BCUT2D eigenvalue weighted by Crippen LogP contribution is -2.54. The van der Waals surface area contributed by atoms with Crippen LogP contribution >= 0.6 is 0 Å². The number of anilines is 1. The third kappa shape index (κ3) is 8.19. The van der Waals surface area contributed by atoms with Crippen LogP contribution in [0, 0.1) is 5.92 Å². The molecule has 2 saturated heterocycles. The largest absolute Gasteiger partial charge is 0.484 e. The molecule has 53 heavy (non-hydrogen) atoms. The summed E-state index contributed by atoms with van der Waals surface area (Å²) in [7, 11) is 0. The number of carbonyl (C=O) groups excluding carboxylic acids is 5. The highest BCUT2D eigenvalue weighted by Crippen LogP contribution is 2.33. The molecule has 1 saturated carbocycles. The first-order valence-corrected chi connectivity index (χ1v) is 18.7. The normalized spacial score (nSPS) is 21.0. The van der Waals surface area contributed by atoms with Crippen LogP contribution in [0.5, 0.6) is 5.75 Å². The van der Waals surface area contributed by atoms with Crippen LogP contribution in [0.2, 0.25) is 0 Å². The van der Waals surface area contributed by atoms with Gasteiger partial charge in [0, 0.05) is 37.7 Å². The van der Waals surface area contributed by atoms with Crippen LogP contribution in [-0.2, 0) is 14.4 Å². The number of hydrogen-bond acceptors (Lipinski definition) is 10. The molecule has 7 rings (SSSR count). The van der Waals surface area contributed by atoms with E-state index >= 15 is 0 Å². The summed E-state index contributed by atoms with van der Waals surface area (Å²) < 4.78 is 7.03. The van der Waals surface area contributed by atoms with Crippen molar-refractivity contribution in [3.8, 4) is 11.4 Å². The molecule has 1 aromatic heterocycles. The maximum absolute atomic E-state index is 13.3. The molecule has 0 bridgehead atoms. The second kappa shape index (κ2) is 16.1. The average molecular weight is 727 g/mol. The first-order chi connectivity index (χ1) is 25.7. The highest BCUT2D eigenvalue weighted by molar-refractivity contribution is 6.25. The number of benzene rings is 2. The number of rotatable bonds is 13. The van der Waals surface area contributed by atoms with Crippen LogP contribution in [0.1, 0.15) is 96.7 Å². The molecule has 1 aliphatic carbocycles. The molecule has 3 aromatic rings. The standard InChI is InChI=1S/C38H46N8O7/c47-31-16-15-30(35(49)41-31)45-36(50)28-9-4-10-29(33(28)37(45)51)39-18-19-40-32(48)23-53-27-13-11-26(12-14-27)46-38(52)42-34(43-46)25-8-5-20-44(22-25)21-17-24-6-2-1-3-7-24/h4,9-14,24-25,30,39H,1-3,5-8,15-23H2,(H,40,48)(H,41,47,49)(H,42,43,52)/t25-,30?/m0/s1. The number of ether oxygens (including phenoxy) is 1. The lowest BCUT2D eigenvalue weighted by molar-refractivity contribution is -0.136. The van der Waals surface area contributed by atoms with Gasteiger partial charge >= 0.3 is 5.69 Å². The van der Waals surface area contributed by atoms with Gasteiger partial charge in [-0.05, 0) is 81.1 Å². The molecule has 15 nitrogen and oxygen atoms in total. The number of fused-ring (bicyclic) bond motifs is 1. The Balaban J connectivity index is 0.858. The lowest BCUT2D eigenvalue weighted by Gasteiger charge is -2.33. The topological polar surface area (TPSA) is 188 Å². The van der Waals surface area contributed by atoms with Gasteiger partial charge in [0.2, 0.25) is 11.8 Å². The average Bonchev–Trinajstić information content (AvgIpc) is 3.68. The smallest absolute Gasteiger partial charge is 0.348 e. The van der Waals surface area contributed by atoms with Gasteiger partial charge in [-0.1, -0.05) is 38.2 Å². The Labute approximate surface area is 306 Å². The zero-order valence-electron chi connectivity index (χ0n) is 29.7. The molecule has 5 amide bonds. The number of carbonyl (C=O) groups is 5. The highest BCUT2D eigenvalue weighted by atomic mass is 16.5. The van der Waals surface area contributed by atoms with E-state index in [0.29, 0.717) is 17.1 Å². The van der Waals surface area contributed by atoms with Gasteiger partial charge in [-0.15, -0.1) is 5.10 Å². The number of aromatic nitrogens is 3. The molecule has 3 aliphatic heterocycles. The van der Waals surface area contributed by atoms with E-state index in [2.05, 4.69) is 30.9 Å². The van der Waals surface area contributed by atoms with Crippen molar-refractivity contribution in [3.05, 3.63) is 69.9 Å². The lowest BCUT2D eigenvalue weighted by atomic mass is 9.86. The first-order valence-electron chi connectivity index (χ1n) is 18.7. The molecule has 1 unspecified atom stereocenters. The number of H-pyrrole nitrogens is 1. The number of nitrogens with one attached hydrogen (secondary N) is 4. The molecule has 4 N–H and O–H groups in total. The zero-order valence-corrected chi connectivity index (χ0v) is 29.7. The molecule has 3 fully saturated rings. The van der Waals surface area contributed by atoms with Crippen molar-refractivity contribution in [2.75, 3.05) is 44.6 Å². The monoisotopic (exact) mass is 726 g/mol. The number of imide groups is 2. The van der Waals surface area contributed by atoms with Crippen LogP contribution in [0.25, 0.3) is 5.69 Å². The number of amides is 5. The Hall–Kier alpha value is -5.31. The summed E-state index contributed by atoms with van der Waals surface area (Å²) in [4.78, 5) is 82.1. The van der Waals surface area contributed by atoms with Crippen molar-refractivity contribution in [3.63, 3.8) is 0 Å². The van der Waals surface area contributed by atoms with E-state index in [0.717, 1.165) is 49.1 Å². The molecule has 0 radical (unpaired) electrons. The van der Waals surface area contributed by atoms with E-state index in [9.17, 15) is 28.8 Å². The minimum atomic E-state index is -1.05. The molecule has 0 spiro atoms. The van der Waals surface area contributed by atoms with Gasteiger partial charge in [-0.3, -0.25) is 39.2 Å². The Kier molecular flexibility index (Phi) is 11.0. The number of piperidine rings is 2. The third-order valence-electron chi connectivity index (χ3n) is 10.8. The molecular weight excluding hydrogens is 680 g/mol. The summed E-state index contributed by atoms with van der Waals surface area (Å²) >= 11 is 0. The van der Waals surface area contributed by atoms with E-state index in [4.69, 9.17) is 4.74 Å². The van der Waals surface area contributed by atoms with E-state index in [1.807, 2.05) is 0 Å². The van der Waals surface area contributed by atoms with Crippen molar-refractivity contribution in [2.45, 2.75) is 76.2 Å². The van der Waals surface area contributed by atoms with Gasteiger partial charge in [0.05, 0.1) is 16.8 Å². The molecule has 4 aliphatic rings. The zero-order chi connectivity index (χ0) is 36.9. The van der Waals surface area contributed by atoms with E-state index in [1.165, 1.54) is 49.3 Å². The van der Waals surface area contributed by atoms with Gasteiger partial charge < -0.3 is 20.3 Å². The summed E-state index contributed by atoms with van der Waals surface area (Å²) in [6.07, 6.45) is 10.3. The van der Waals surface area contributed by atoms with Crippen LogP contribution < -0.4 is 26.4 Å². The van der Waals surface area contributed by atoms with Crippen LogP contribution in [0.15, 0.2) is 47.3 Å². The third-order valence-corrected chi connectivity index (χ3v) is 10.8. The fourth-order valence-electron chi connectivity index (χ4n) is 7.97. The SMILES string of the molecule is O=C(COc1ccc(-n2nc([C@H]3CCCN(CCC4CCCCC4)C3)[nH]c2=O)cc1)NCCNc1cccc2c1C(=O)N(C1CCC(=O)NC1=O)C2=O. The molecule has 4 heterocycles. The van der Waals surface area contributed by atoms with Gasteiger partial charge in [0.15, 0.2) is 6.61 Å². The first kappa shape index (κ1) is 36.1. The van der Waals surface area contributed by atoms with E-state index in [1.54, 1.807) is 36.4 Å². The minimum absolute atomic E-state index is 0.0382. The second-order valence-electron chi connectivity index (χ2n) is 14.4. The predicted molar refractivity (Wildman–Crippen MR) is 194 cm³/mol.